The Labute approximate surface area is 114 Å². The van der Waals surface area contributed by atoms with Crippen LogP contribution in [0.4, 0.5) is 0 Å². The van der Waals surface area contributed by atoms with Crippen LogP contribution in [-0.4, -0.2) is 33.5 Å². The Bertz CT molecular complexity index is 636. The second-order valence-corrected chi connectivity index (χ2v) is 4.08. The molecule has 0 atom stereocenters. The minimum Gasteiger partial charge on any atom is -0.476 e. The number of aromatic nitrogens is 2. The summed E-state index contributed by atoms with van der Waals surface area (Å²) in [5.74, 6) is -0.308. The first-order valence-corrected chi connectivity index (χ1v) is 5.95. The lowest BCUT2D eigenvalue weighted by Crippen LogP contribution is -2.28. The fraction of sp³-hybridized carbons (Fsp3) is 0.231. The molecule has 0 unspecified atom stereocenters. The number of hydrogen-bond donors (Lipinski definition) is 2. The van der Waals surface area contributed by atoms with Crippen molar-refractivity contribution in [1.82, 2.24) is 15.3 Å². The fourth-order valence-electron chi connectivity index (χ4n) is 1.66. The van der Waals surface area contributed by atoms with Crippen molar-refractivity contribution < 1.29 is 19.1 Å². The fourth-order valence-corrected chi connectivity index (χ4v) is 1.66. The van der Waals surface area contributed by atoms with E-state index < -0.39 is 11.9 Å². The van der Waals surface area contributed by atoms with Gasteiger partial charge in [0.05, 0.1) is 0 Å². The van der Waals surface area contributed by atoms with Gasteiger partial charge in [-0.15, -0.1) is 0 Å². The third kappa shape index (κ3) is 3.19. The Kier molecular flexibility index (Phi) is 4.09. The van der Waals surface area contributed by atoms with E-state index in [2.05, 4.69) is 15.3 Å². The molecule has 20 heavy (non-hydrogen) atoms. The Morgan fingerprint density at radius 3 is 2.55 bits per heavy atom. The molecule has 0 spiro atoms. The number of nitrogens with one attached hydrogen (secondary N) is 1. The number of carbonyl (C=O) groups is 2. The summed E-state index contributed by atoms with van der Waals surface area (Å²) >= 11 is 0. The molecule has 0 aromatic carbocycles. The van der Waals surface area contributed by atoms with Crippen LogP contribution in [0.25, 0.3) is 0 Å². The molecular weight excluding hydrogens is 262 g/mol. The molecule has 2 N–H and O–H groups in total. The Morgan fingerprint density at radius 2 is 1.95 bits per heavy atom. The minimum absolute atomic E-state index is 0.198. The molecule has 0 fully saturated rings. The number of rotatable bonds is 5. The van der Waals surface area contributed by atoms with Crippen LogP contribution in [0.2, 0.25) is 0 Å². The van der Waals surface area contributed by atoms with Crippen molar-refractivity contribution in [2.75, 3.05) is 6.54 Å². The van der Waals surface area contributed by atoms with Crippen LogP contribution in [0.15, 0.2) is 28.9 Å². The predicted molar refractivity (Wildman–Crippen MR) is 68.5 cm³/mol. The third-order valence-corrected chi connectivity index (χ3v) is 2.57. The zero-order valence-corrected chi connectivity index (χ0v) is 10.8. The molecule has 0 saturated heterocycles. The maximum Gasteiger partial charge on any atom is 0.356 e. The summed E-state index contributed by atoms with van der Waals surface area (Å²) in [6.07, 6.45) is 3.02. The first-order valence-electron chi connectivity index (χ1n) is 5.95. The minimum atomic E-state index is -1.29. The summed E-state index contributed by atoms with van der Waals surface area (Å²) in [6.45, 7) is 2.15. The number of carboxylic acids is 1. The van der Waals surface area contributed by atoms with Gasteiger partial charge in [0.2, 0.25) is 0 Å². The highest BCUT2D eigenvalue weighted by molar-refractivity contribution is 6.01. The number of carboxylic acid groups (broad SMARTS) is 1. The van der Waals surface area contributed by atoms with Crippen LogP contribution in [0.5, 0.6) is 0 Å². The van der Waals surface area contributed by atoms with Gasteiger partial charge in [0.15, 0.2) is 11.4 Å². The van der Waals surface area contributed by atoms with E-state index in [1.165, 1.54) is 12.4 Å². The van der Waals surface area contributed by atoms with Gasteiger partial charge in [0, 0.05) is 25.4 Å². The van der Waals surface area contributed by atoms with E-state index in [9.17, 15) is 9.59 Å². The molecule has 2 aromatic rings. The van der Waals surface area contributed by atoms with E-state index in [0.717, 1.165) is 11.5 Å². The SMILES string of the molecule is Cc1ccc(CCNC(=O)c2nccnc2C(=O)O)o1. The molecule has 2 heterocycles. The zero-order valence-electron chi connectivity index (χ0n) is 10.8. The van der Waals surface area contributed by atoms with E-state index in [0.29, 0.717) is 13.0 Å². The molecule has 2 aromatic heterocycles. The number of carbonyl (C=O) groups excluding carboxylic acids is 1. The predicted octanol–water partition coefficient (Wildman–Crippen LogP) is 1.05. The van der Waals surface area contributed by atoms with Crippen LogP contribution in [-0.2, 0) is 6.42 Å². The molecule has 0 aliphatic carbocycles. The molecule has 0 bridgehead atoms. The molecule has 7 heteroatoms. The standard InChI is InChI=1S/C13H13N3O4/c1-8-2-3-9(20-8)4-5-16-12(17)10-11(13(18)19)15-7-6-14-10/h2-3,6-7H,4-5H2,1H3,(H,16,17)(H,18,19). The van der Waals surface area contributed by atoms with Crippen LogP contribution >= 0.6 is 0 Å². The molecule has 0 radical (unpaired) electrons. The van der Waals surface area contributed by atoms with Gasteiger partial charge in [0.25, 0.3) is 5.91 Å². The Morgan fingerprint density at radius 1 is 1.25 bits per heavy atom. The molecule has 104 valence electrons. The summed E-state index contributed by atoms with van der Waals surface area (Å²) in [7, 11) is 0. The lowest BCUT2D eigenvalue weighted by Gasteiger charge is -2.05. The summed E-state index contributed by atoms with van der Waals surface area (Å²) in [4.78, 5) is 30.2. The van der Waals surface area contributed by atoms with Crippen LogP contribution in [0.3, 0.4) is 0 Å². The van der Waals surface area contributed by atoms with Gasteiger partial charge in [-0.05, 0) is 19.1 Å². The van der Waals surface area contributed by atoms with E-state index >= 15 is 0 Å². The van der Waals surface area contributed by atoms with Crippen molar-refractivity contribution in [3.8, 4) is 0 Å². The molecule has 2 rings (SSSR count). The van der Waals surface area contributed by atoms with Crippen molar-refractivity contribution >= 4 is 11.9 Å². The quantitative estimate of drug-likeness (QED) is 0.844. The lowest BCUT2D eigenvalue weighted by atomic mass is 10.2. The van der Waals surface area contributed by atoms with Crippen LogP contribution < -0.4 is 5.32 Å². The Hall–Kier alpha value is -2.70. The third-order valence-electron chi connectivity index (χ3n) is 2.57. The highest BCUT2D eigenvalue weighted by Gasteiger charge is 2.18. The van der Waals surface area contributed by atoms with Gasteiger partial charge in [-0.25, -0.2) is 14.8 Å². The van der Waals surface area contributed by atoms with Crippen LogP contribution in [0, 0.1) is 6.92 Å². The first-order chi connectivity index (χ1) is 9.58. The van der Waals surface area contributed by atoms with Crippen molar-refractivity contribution in [3.05, 3.63) is 47.4 Å². The average Bonchev–Trinajstić information content (AvgIpc) is 2.84. The zero-order chi connectivity index (χ0) is 14.5. The highest BCUT2D eigenvalue weighted by atomic mass is 16.4. The summed E-state index contributed by atoms with van der Waals surface area (Å²) in [5, 5.41) is 11.5. The van der Waals surface area contributed by atoms with E-state index in [1.54, 1.807) is 0 Å². The van der Waals surface area contributed by atoms with Gasteiger partial charge in [0.1, 0.15) is 11.5 Å². The number of aryl methyl sites for hydroxylation is 1. The number of nitrogens with zero attached hydrogens (tertiary/aromatic N) is 2. The van der Waals surface area contributed by atoms with Crippen molar-refractivity contribution in [2.45, 2.75) is 13.3 Å². The van der Waals surface area contributed by atoms with E-state index in [-0.39, 0.29) is 11.4 Å². The molecular formula is C13H13N3O4. The van der Waals surface area contributed by atoms with Gasteiger partial charge < -0.3 is 14.8 Å². The summed E-state index contributed by atoms with van der Waals surface area (Å²) in [5.41, 5.74) is -0.561. The smallest absolute Gasteiger partial charge is 0.356 e. The number of amides is 1. The molecule has 0 saturated carbocycles. The van der Waals surface area contributed by atoms with Crippen LogP contribution in [0.1, 0.15) is 32.5 Å². The van der Waals surface area contributed by atoms with E-state index in [1.807, 2.05) is 19.1 Å². The summed E-state index contributed by atoms with van der Waals surface area (Å²) < 4.78 is 5.36. The Balaban J connectivity index is 1.97. The van der Waals surface area contributed by atoms with Gasteiger partial charge in [-0.1, -0.05) is 0 Å². The van der Waals surface area contributed by atoms with Crippen molar-refractivity contribution in [1.29, 1.82) is 0 Å². The van der Waals surface area contributed by atoms with E-state index in [4.69, 9.17) is 9.52 Å². The normalized spacial score (nSPS) is 10.2. The topological polar surface area (TPSA) is 105 Å². The monoisotopic (exact) mass is 275 g/mol. The highest BCUT2D eigenvalue weighted by Crippen LogP contribution is 2.06. The van der Waals surface area contributed by atoms with Crippen molar-refractivity contribution in [3.63, 3.8) is 0 Å². The largest absolute Gasteiger partial charge is 0.476 e. The summed E-state index contributed by atoms with van der Waals surface area (Å²) in [6, 6.07) is 3.66. The maximum absolute atomic E-state index is 11.9. The second kappa shape index (κ2) is 5.96. The number of furan rings is 1. The lowest BCUT2D eigenvalue weighted by molar-refractivity contribution is 0.0683. The molecule has 0 aliphatic rings. The molecule has 7 nitrogen and oxygen atoms in total. The molecule has 0 aliphatic heterocycles. The van der Waals surface area contributed by atoms with Gasteiger partial charge in [-0.2, -0.15) is 0 Å². The number of hydrogen-bond acceptors (Lipinski definition) is 5. The first kappa shape index (κ1) is 13.7. The second-order valence-electron chi connectivity index (χ2n) is 4.08. The van der Waals surface area contributed by atoms with Gasteiger partial charge in [-0.3, -0.25) is 4.79 Å². The van der Waals surface area contributed by atoms with Gasteiger partial charge >= 0.3 is 5.97 Å². The molecule has 1 amide bonds. The number of aromatic carboxylic acids is 1. The maximum atomic E-state index is 11.9. The average molecular weight is 275 g/mol. The van der Waals surface area contributed by atoms with Crippen molar-refractivity contribution in [2.24, 2.45) is 0 Å².